The van der Waals surface area contributed by atoms with Crippen molar-refractivity contribution in [1.29, 1.82) is 0 Å². The second kappa shape index (κ2) is 10.8. The predicted molar refractivity (Wildman–Crippen MR) is 151 cm³/mol. The molecule has 2 fully saturated rings. The number of likely N-dealkylation sites (tertiary alicyclic amines) is 1. The minimum Gasteiger partial charge on any atom is -0.352 e. The molecule has 0 aliphatic carbocycles. The molecule has 7 nitrogen and oxygen atoms in total. The number of amides is 1. The van der Waals surface area contributed by atoms with E-state index in [1.807, 2.05) is 0 Å². The van der Waals surface area contributed by atoms with Gasteiger partial charge in [-0.3, -0.25) is 14.3 Å². The number of nitrogens with zero attached hydrogens (tertiary/aromatic N) is 5. The van der Waals surface area contributed by atoms with Gasteiger partial charge in [0.1, 0.15) is 11.6 Å². The first-order chi connectivity index (χ1) is 19.7. The summed E-state index contributed by atoms with van der Waals surface area (Å²) in [6.45, 7) is 6.86. The predicted octanol–water partition coefficient (Wildman–Crippen LogP) is 4.63. The van der Waals surface area contributed by atoms with Crippen LogP contribution in [0.25, 0.3) is 22.0 Å². The quantitative estimate of drug-likeness (QED) is 0.328. The molecular weight excluding hydrogens is 558 g/mol. The second-order valence-electron chi connectivity index (χ2n) is 10.6. The van der Waals surface area contributed by atoms with Crippen LogP contribution in [0.1, 0.15) is 18.4 Å². The number of alkyl halides is 3. The smallest absolute Gasteiger partial charge is 0.352 e. The van der Waals surface area contributed by atoms with Crippen molar-refractivity contribution < 1.29 is 22.4 Å². The van der Waals surface area contributed by atoms with Gasteiger partial charge in [0.2, 0.25) is 5.91 Å². The van der Waals surface area contributed by atoms with E-state index in [0.29, 0.717) is 48.9 Å². The van der Waals surface area contributed by atoms with Crippen LogP contribution in [0.2, 0.25) is 0 Å². The minimum absolute atomic E-state index is 0.0488. The Morgan fingerprint density at radius 1 is 1.05 bits per heavy atom. The molecule has 6 rings (SSSR count). The highest BCUT2D eigenvalue weighted by Gasteiger charge is 2.39. The Kier molecular flexibility index (Phi) is 7.31. The minimum atomic E-state index is -4.72. The molecule has 0 radical (unpaired) electrons. The Morgan fingerprint density at radius 2 is 1.73 bits per heavy atom. The Morgan fingerprint density at radius 3 is 2.37 bits per heavy atom. The van der Waals surface area contributed by atoms with Crippen molar-refractivity contribution in [2.24, 2.45) is 0 Å². The normalized spacial score (nSPS) is 20.0. The fraction of sp³-hybridized carbons (Fsp3) is 0.414. The van der Waals surface area contributed by atoms with E-state index in [2.05, 4.69) is 16.5 Å². The lowest BCUT2D eigenvalue weighted by atomic mass is 9.96. The molecule has 1 aromatic heterocycles. The molecule has 41 heavy (non-hydrogen) atoms. The lowest BCUT2D eigenvalue weighted by Crippen LogP contribution is -2.49. The first kappa shape index (κ1) is 27.8. The van der Waals surface area contributed by atoms with Crippen LogP contribution in [0.5, 0.6) is 0 Å². The fourth-order valence-electron chi connectivity index (χ4n) is 6.11. The van der Waals surface area contributed by atoms with E-state index in [1.165, 1.54) is 34.5 Å². The van der Waals surface area contributed by atoms with Gasteiger partial charge in [0.25, 0.3) is 0 Å². The average molecular weight is 588 g/mol. The van der Waals surface area contributed by atoms with Crippen LogP contribution in [-0.4, -0.2) is 76.3 Å². The highest BCUT2D eigenvalue weighted by atomic mass is 32.2. The third-order valence-electron chi connectivity index (χ3n) is 8.17. The van der Waals surface area contributed by atoms with E-state index >= 15 is 0 Å². The third kappa shape index (κ3) is 5.12. The first-order valence-corrected chi connectivity index (χ1v) is 14.6. The molecule has 1 amide bonds. The molecule has 0 saturated carbocycles. The average Bonchev–Trinajstić information content (AvgIpc) is 3.42. The summed E-state index contributed by atoms with van der Waals surface area (Å²) in [6, 6.07) is 6.05. The summed E-state index contributed by atoms with van der Waals surface area (Å²) in [4.78, 5) is 36.2. The highest BCUT2D eigenvalue weighted by molar-refractivity contribution is 7.99. The summed E-state index contributed by atoms with van der Waals surface area (Å²) in [6.07, 6.45) is -1.42. The zero-order valence-corrected chi connectivity index (χ0v) is 23.1. The van der Waals surface area contributed by atoms with Gasteiger partial charge in [-0.2, -0.15) is 18.2 Å². The highest BCUT2D eigenvalue weighted by Crippen LogP contribution is 2.48. The number of hydrogen-bond acceptors (Lipinski definition) is 6. The van der Waals surface area contributed by atoms with Crippen molar-refractivity contribution in [2.45, 2.75) is 36.5 Å². The van der Waals surface area contributed by atoms with Crippen molar-refractivity contribution in [3.63, 3.8) is 0 Å². The largest absolute Gasteiger partial charge is 0.417 e. The summed E-state index contributed by atoms with van der Waals surface area (Å²) >= 11 is 1.32. The Bertz CT molecular complexity index is 1560. The van der Waals surface area contributed by atoms with Crippen molar-refractivity contribution >= 4 is 34.4 Å². The van der Waals surface area contributed by atoms with E-state index in [1.54, 1.807) is 9.80 Å². The number of rotatable bonds is 4. The summed E-state index contributed by atoms with van der Waals surface area (Å²) < 4.78 is 59.7. The summed E-state index contributed by atoms with van der Waals surface area (Å²) in [5.74, 6) is -0.0832. The monoisotopic (exact) mass is 587 g/mol. The van der Waals surface area contributed by atoms with Gasteiger partial charge < -0.3 is 9.80 Å². The summed E-state index contributed by atoms with van der Waals surface area (Å²) in [5.41, 5.74) is -0.772. The third-order valence-corrected chi connectivity index (χ3v) is 9.41. The topological polar surface area (TPSA) is 61.7 Å². The molecule has 3 aromatic rings. The molecule has 2 saturated heterocycles. The van der Waals surface area contributed by atoms with E-state index in [0.717, 1.165) is 44.1 Å². The Labute approximate surface area is 238 Å². The fourth-order valence-corrected chi connectivity index (χ4v) is 7.51. The Balaban J connectivity index is 1.58. The molecule has 216 valence electrons. The maximum absolute atomic E-state index is 14.8. The van der Waals surface area contributed by atoms with Gasteiger partial charge in [0.05, 0.1) is 11.1 Å². The molecular formula is C29H29F4N5O2S. The van der Waals surface area contributed by atoms with Crippen LogP contribution < -0.4 is 10.6 Å². The second-order valence-corrected chi connectivity index (χ2v) is 11.6. The zero-order chi connectivity index (χ0) is 28.9. The number of hydrogen-bond donors (Lipinski definition) is 0. The van der Waals surface area contributed by atoms with Gasteiger partial charge in [-0.05, 0) is 55.8 Å². The van der Waals surface area contributed by atoms with E-state index < -0.39 is 23.2 Å². The number of benzene rings is 2. The van der Waals surface area contributed by atoms with Gasteiger partial charge in [-0.1, -0.05) is 18.7 Å². The van der Waals surface area contributed by atoms with Gasteiger partial charge in [-0.15, -0.1) is 11.8 Å². The van der Waals surface area contributed by atoms with Crippen LogP contribution in [0.4, 0.5) is 23.4 Å². The van der Waals surface area contributed by atoms with Crippen molar-refractivity contribution in [1.82, 2.24) is 19.4 Å². The number of carbonyl (C=O) groups excluding carboxylic acids is 1. The summed E-state index contributed by atoms with van der Waals surface area (Å²) in [7, 11) is 0. The number of halogens is 4. The molecule has 0 N–H and O–H groups in total. The van der Waals surface area contributed by atoms with Gasteiger partial charge in [0, 0.05) is 60.4 Å². The van der Waals surface area contributed by atoms with Crippen LogP contribution in [0.3, 0.4) is 0 Å². The first-order valence-electron chi connectivity index (χ1n) is 13.6. The molecule has 0 bridgehead atoms. The molecule has 12 heteroatoms. The lowest BCUT2D eigenvalue weighted by molar-refractivity contribution is -0.137. The Hall–Kier alpha value is -3.38. The van der Waals surface area contributed by atoms with Crippen molar-refractivity contribution in [3.8, 4) is 11.1 Å². The lowest BCUT2D eigenvalue weighted by Gasteiger charge is -2.35. The molecule has 1 atom stereocenters. The molecule has 2 aromatic carbocycles. The van der Waals surface area contributed by atoms with Crippen molar-refractivity contribution in [2.75, 3.05) is 49.9 Å². The number of thioether (sulfide) groups is 1. The SMILES string of the molecule is C=CC(=O)N1CCN(c2nc(=O)n3c4c(c(-c5ccc(F)cc5)c(C(F)(F)F)cc24)SCC(N2CCCC2)C3)CC1. The number of carbonyl (C=O) groups is 1. The maximum atomic E-state index is 14.8. The molecule has 1 unspecified atom stereocenters. The van der Waals surface area contributed by atoms with Crippen LogP contribution in [0.15, 0.2) is 52.7 Å². The van der Waals surface area contributed by atoms with Gasteiger partial charge >= 0.3 is 11.9 Å². The van der Waals surface area contributed by atoms with Crippen molar-refractivity contribution in [3.05, 3.63) is 64.9 Å². The summed E-state index contributed by atoms with van der Waals surface area (Å²) in [5, 5.41) is 0.246. The molecule has 3 aliphatic rings. The van der Waals surface area contributed by atoms with E-state index in [-0.39, 0.29) is 34.3 Å². The zero-order valence-electron chi connectivity index (χ0n) is 22.3. The standard InChI is InChI=1S/C29H29F4N5O2S/c1-2-23(39)36-11-13-37(14-12-36)27-21-15-22(29(31,32)33)24(18-5-7-19(30)8-6-18)26-25(21)38(28(40)34-27)16-20(17-41-26)35-9-3-4-10-35/h2,5-8,15,20H,1,3-4,9-14,16-17H2. The number of anilines is 1. The van der Waals surface area contributed by atoms with Crippen LogP contribution in [0, 0.1) is 5.82 Å². The van der Waals surface area contributed by atoms with Crippen LogP contribution >= 0.6 is 11.8 Å². The molecule has 3 aliphatic heterocycles. The number of piperazine rings is 1. The maximum Gasteiger partial charge on any atom is 0.417 e. The van der Waals surface area contributed by atoms with Gasteiger partial charge in [-0.25, -0.2) is 9.18 Å². The van der Waals surface area contributed by atoms with Crippen LogP contribution in [-0.2, 0) is 17.5 Å². The molecule has 0 spiro atoms. The number of aromatic nitrogens is 2. The molecule has 4 heterocycles. The van der Waals surface area contributed by atoms with E-state index in [4.69, 9.17) is 0 Å². The van der Waals surface area contributed by atoms with Gasteiger partial charge in [0.15, 0.2) is 0 Å². The van der Waals surface area contributed by atoms with E-state index in [9.17, 15) is 27.2 Å².